The monoisotopic (exact) mass is 863 g/mol. The number of benzene rings is 11. The quantitative estimate of drug-likeness (QED) is 0.153. The molecular weight excluding hydrogens is 823 g/mol. The van der Waals surface area contributed by atoms with Gasteiger partial charge in [-0.05, 0) is 114 Å². The first-order valence-electron chi connectivity index (χ1n) is 23.4. The minimum Gasteiger partial charge on any atom is -0.309 e. The molecule has 14 aromatic rings. The molecule has 11 aromatic carbocycles. The van der Waals surface area contributed by atoms with Gasteiger partial charge < -0.3 is 9.13 Å². The molecule has 0 aliphatic rings. The van der Waals surface area contributed by atoms with Crippen LogP contribution in [0.2, 0.25) is 0 Å². The van der Waals surface area contributed by atoms with Crippen LogP contribution in [0.3, 0.4) is 0 Å². The second-order valence-corrected chi connectivity index (χ2v) is 17.9. The molecule has 14 rings (SSSR count). The van der Waals surface area contributed by atoms with Crippen LogP contribution in [-0.4, -0.2) is 14.1 Å². The van der Waals surface area contributed by atoms with Crippen LogP contribution in [0.15, 0.2) is 249 Å². The molecule has 0 bridgehead atoms. The smallest absolute Gasteiger partial charge is 0.0541 e. The molecule has 0 amide bonds. The molecule has 3 nitrogen and oxygen atoms in total. The van der Waals surface area contributed by atoms with Gasteiger partial charge >= 0.3 is 0 Å². The molecule has 316 valence electrons. The van der Waals surface area contributed by atoms with Gasteiger partial charge in [0.25, 0.3) is 0 Å². The fourth-order valence-corrected chi connectivity index (χ4v) is 11.2. The van der Waals surface area contributed by atoms with Gasteiger partial charge in [0.2, 0.25) is 0 Å². The highest BCUT2D eigenvalue weighted by molar-refractivity contribution is 6.23. The Hall–Kier alpha value is -9.05. The van der Waals surface area contributed by atoms with E-state index in [1.165, 1.54) is 98.2 Å². The number of pyridine rings is 1. The molecule has 3 heterocycles. The average Bonchev–Trinajstić information content (AvgIpc) is 3.93. The van der Waals surface area contributed by atoms with Crippen LogP contribution < -0.4 is 0 Å². The summed E-state index contributed by atoms with van der Waals surface area (Å²) >= 11 is 0. The number of rotatable bonds is 6. The molecule has 0 saturated heterocycles. The standard InChI is InChI=1S/C65H41N3/c1-2-18-50-43(16-1)17-15-27-55(50)65-58-25-5-3-23-56(58)64(57-24-4-6-26-59(57)65)44-34-32-42(33-35-44)46-36-47(41-66-40-46)45-37-48(67-60-28-11-7-19-51(60)52-20-8-12-29-61(52)67)39-49(38-45)68-62-30-13-9-21-53(62)54-22-10-14-31-63(54)68/h1-41H. The molecule has 0 N–H and O–H groups in total. The normalized spacial score (nSPS) is 11.8. The van der Waals surface area contributed by atoms with Gasteiger partial charge in [0.1, 0.15) is 0 Å². The number of aromatic nitrogens is 3. The van der Waals surface area contributed by atoms with E-state index < -0.39 is 0 Å². The van der Waals surface area contributed by atoms with Crippen LogP contribution in [0.1, 0.15) is 0 Å². The van der Waals surface area contributed by atoms with Crippen molar-refractivity contribution in [2.45, 2.75) is 0 Å². The van der Waals surface area contributed by atoms with Gasteiger partial charge in [-0.25, -0.2) is 0 Å². The summed E-state index contributed by atoms with van der Waals surface area (Å²) in [7, 11) is 0. The Balaban J connectivity index is 0.925. The first-order valence-corrected chi connectivity index (χ1v) is 23.4. The number of para-hydroxylation sites is 4. The van der Waals surface area contributed by atoms with Crippen molar-refractivity contribution < 1.29 is 0 Å². The minimum absolute atomic E-state index is 1.05. The molecule has 0 unspecified atom stereocenters. The van der Waals surface area contributed by atoms with E-state index in [1.807, 2.05) is 12.4 Å². The summed E-state index contributed by atoms with van der Waals surface area (Å²) in [4.78, 5) is 4.93. The van der Waals surface area contributed by atoms with Crippen molar-refractivity contribution in [1.29, 1.82) is 0 Å². The highest BCUT2D eigenvalue weighted by Gasteiger charge is 2.20. The largest absolute Gasteiger partial charge is 0.309 e. The molecule has 3 aromatic heterocycles. The summed E-state index contributed by atoms with van der Waals surface area (Å²) in [6.45, 7) is 0. The van der Waals surface area contributed by atoms with Gasteiger partial charge in [0.15, 0.2) is 0 Å². The van der Waals surface area contributed by atoms with Gasteiger partial charge in [-0.3, -0.25) is 4.98 Å². The summed E-state index contributed by atoms with van der Waals surface area (Å²) < 4.78 is 4.84. The lowest BCUT2D eigenvalue weighted by molar-refractivity contribution is 1.13. The van der Waals surface area contributed by atoms with E-state index in [1.54, 1.807) is 0 Å². The Morgan fingerprint density at radius 1 is 0.250 bits per heavy atom. The van der Waals surface area contributed by atoms with Crippen molar-refractivity contribution in [1.82, 2.24) is 14.1 Å². The first-order chi connectivity index (χ1) is 33.7. The van der Waals surface area contributed by atoms with Gasteiger partial charge in [-0.1, -0.05) is 188 Å². The third-order valence-corrected chi connectivity index (χ3v) is 14.1. The van der Waals surface area contributed by atoms with Gasteiger partial charge in [0, 0.05) is 56.4 Å². The molecule has 3 heteroatoms. The first kappa shape index (κ1) is 38.2. The van der Waals surface area contributed by atoms with Gasteiger partial charge in [0.05, 0.1) is 22.1 Å². The molecule has 0 aliphatic carbocycles. The van der Waals surface area contributed by atoms with Crippen LogP contribution in [0.25, 0.3) is 132 Å². The third-order valence-electron chi connectivity index (χ3n) is 14.1. The number of fused-ring (bicyclic) bond motifs is 9. The Morgan fingerprint density at radius 3 is 1.13 bits per heavy atom. The van der Waals surface area contributed by atoms with Crippen molar-refractivity contribution in [3.05, 3.63) is 249 Å². The summed E-state index contributed by atoms with van der Waals surface area (Å²) in [5.74, 6) is 0. The second kappa shape index (κ2) is 15.3. The zero-order valence-corrected chi connectivity index (χ0v) is 37.0. The van der Waals surface area contributed by atoms with Crippen molar-refractivity contribution in [2.75, 3.05) is 0 Å². The Kier molecular flexibility index (Phi) is 8.59. The fraction of sp³-hybridized carbons (Fsp3) is 0. The average molecular weight is 864 g/mol. The summed E-state index contributed by atoms with van der Waals surface area (Å²) in [5, 5.41) is 12.4. The van der Waals surface area contributed by atoms with E-state index >= 15 is 0 Å². The minimum atomic E-state index is 1.05. The van der Waals surface area contributed by atoms with E-state index in [0.29, 0.717) is 0 Å². The molecule has 0 radical (unpaired) electrons. The van der Waals surface area contributed by atoms with Crippen molar-refractivity contribution >= 4 is 75.9 Å². The predicted molar refractivity (Wildman–Crippen MR) is 287 cm³/mol. The Labute approximate surface area is 393 Å². The Bertz CT molecular complexity index is 4020. The highest BCUT2D eigenvalue weighted by atomic mass is 15.0. The zero-order valence-electron chi connectivity index (χ0n) is 37.0. The van der Waals surface area contributed by atoms with Crippen LogP contribution in [-0.2, 0) is 0 Å². The summed E-state index contributed by atoms with van der Waals surface area (Å²) in [6, 6.07) is 86.6. The third kappa shape index (κ3) is 5.89. The number of hydrogen-bond acceptors (Lipinski definition) is 1. The van der Waals surface area contributed by atoms with E-state index in [2.05, 4.69) is 246 Å². The molecule has 68 heavy (non-hydrogen) atoms. The van der Waals surface area contributed by atoms with Gasteiger partial charge in [-0.15, -0.1) is 0 Å². The molecule has 0 fully saturated rings. The fourth-order valence-electron chi connectivity index (χ4n) is 11.2. The Morgan fingerprint density at radius 2 is 0.632 bits per heavy atom. The van der Waals surface area contributed by atoms with Crippen LogP contribution >= 0.6 is 0 Å². The van der Waals surface area contributed by atoms with E-state index in [4.69, 9.17) is 4.98 Å². The second-order valence-electron chi connectivity index (χ2n) is 17.9. The lowest BCUT2D eigenvalue weighted by Crippen LogP contribution is -2.00. The summed E-state index contributed by atoms with van der Waals surface area (Å²) in [6.07, 6.45) is 4.00. The summed E-state index contributed by atoms with van der Waals surface area (Å²) in [5.41, 5.74) is 16.2. The van der Waals surface area contributed by atoms with Crippen molar-refractivity contribution in [3.8, 4) is 55.9 Å². The van der Waals surface area contributed by atoms with Crippen LogP contribution in [0, 0.1) is 0 Å². The lowest BCUT2D eigenvalue weighted by Gasteiger charge is -2.19. The van der Waals surface area contributed by atoms with Crippen LogP contribution in [0.4, 0.5) is 0 Å². The topological polar surface area (TPSA) is 22.8 Å². The van der Waals surface area contributed by atoms with E-state index in [0.717, 1.165) is 33.6 Å². The maximum atomic E-state index is 4.93. The SMILES string of the molecule is c1ccc2c(-c3c4ccccc4c(-c4ccc(-c5cncc(-c6cc(-n7c8ccccc8c8ccccc87)cc(-n7c8ccccc8c8ccccc87)c6)c5)cc4)c4ccccc34)cccc2c1. The molecule has 0 atom stereocenters. The lowest BCUT2D eigenvalue weighted by atomic mass is 9.84. The number of nitrogens with zero attached hydrogens (tertiary/aromatic N) is 3. The maximum Gasteiger partial charge on any atom is 0.0541 e. The molecule has 0 saturated carbocycles. The van der Waals surface area contributed by atoms with Gasteiger partial charge in [-0.2, -0.15) is 0 Å². The predicted octanol–water partition coefficient (Wildman–Crippen LogP) is 17.4. The zero-order chi connectivity index (χ0) is 44.7. The van der Waals surface area contributed by atoms with Crippen molar-refractivity contribution in [2.24, 2.45) is 0 Å². The van der Waals surface area contributed by atoms with E-state index in [-0.39, 0.29) is 0 Å². The molecule has 0 spiro atoms. The number of hydrogen-bond donors (Lipinski definition) is 0. The maximum absolute atomic E-state index is 4.93. The van der Waals surface area contributed by atoms with Crippen LogP contribution in [0.5, 0.6) is 0 Å². The van der Waals surface area contributed by atoms with Crippen molar-refractivity contribution in [3.63, 3.8) is 0 Å². The highest BCUT2D eigenvalue weighted by Crippen LogP contribution is 2.46. The molecular formula is C65H41N3. The molecule has 0 aliphatic heterocycles. The van der Waals surface area contributed by atoms with E-state index in [9.17, 15) is 0 Å².